The van der Waals surface area contributed by atoms with Gasteiger partial charge in [0.25, 0.3) is 5.09 Å². The molecule has 0 aliphatic carbocycles. The van der Waals surface area contributed by atoms with Crippen LogP contribution in [0.2, 0.25) is 0 Å². The summed E-state index contributed by atoms with van der Waals surface area (Å²) in [5, 5.41) is 9.38. The van der Waals surface area contributed by atoms with Gasteiger partial charge in [-0.25, -0.2) is 0 Å². The zero-order valence-corrected chi connectivity index (χ0v) is 8.33. The molecule has 0 bridgehead atoms. The van der Waals surface area contributed by atoms with Crippen molar-refractivity contribution in [3.05, 3.63) is 10.1 Å². The minimum Gasteiger partial charge on any atom is -0.373 e. The van der Waals surface area contributed by atoms with Crippen molar-refractivity contribution in [1.82, 2.24) is 0 Å². The standard InChI is InChI=1S/C8H13NO6/c1-2-12-5-3-13-8-6(15-9(10)11)4-14-7(5)8/h5-8H,2-4H2,1H3. The van der Waals surface area contributed by atoms with Crippen molar-refractivity contribution in [3.8, 4) is 0 Å². The van der Waals surface area contributed by atoms with E-state index in [1.807, 2.05) is 6.92 Å². The molecule has 0 aromatic heterocycles. The van der Waals surface area contributed by atoms with Gasteiger partial charge in [-0.2, -0.15) is 0 Å². The van der Waals surface area contributed by atoms with Crippen LogP contribution in [0.3, 0.4) is 0 Å². The first kappa shape index (κ1) is 10.6. The Kier molecular flexibility index (Phi) is 3.03. The second-order valence-electron chi connectivity index (χ2n) is 3.46. The molecule has 2 saturated heterocycles. The molecule has 2 rings (SSSR count). The van der Waals surface area contributed by atoms with Crippen LogP contribution in [-0.4, -0.2) is 49.3 Å². The predicted octanol–water partition coefficient (Wildman–Crippen LogP) is -0.234. The van der Waals surface area contributed by atoms with Crippen LogP contribution in [0, 0.1) is 10.1 Å². The number of hydrogen-bond acceptors (Lipinski definition) is 6. The van der Waals surface area contributed by atoms with Crippen molar-refractivity contribution in [2.45, 2.75) is 31.3 Å². The minimum atomic E-state index is -0.812. The van der Waals surface area contributed by atoms with Crippen molar-refractivity contribution in [2.24, 2.45) is 0 Å². The highest BCUT2D eigenvalue weighted by atomic mass is 17.0. The maximum atomic E-state index is 10.2. The van der Waals surface area contributed by atoms with Gasteiger partial charge < -0.3 is 19.0 Å². The molecular formula is C8H13NO6. The van der Waals surface area contributed by atoms with Gasteiger partial charge in [-0.3, -0.25) is 0 Å². The maximum absolute atomic E-state index is 10.2. The van der Waals surface area contributed by atoms with Gasteiger partial charge in [0, 0.05) is 6.61 Å². The number of nitrogens with zero attached hydrogens (tertiary/aromatic N) is 1. The van der Waals surface area contributed by atoms with Crippen LogP contribution < -0.4 is 0 Å². The Morgan fingerprint density at radius 2 is 1.93 bits per heavy atom. The van der Waals surface area contributed by atoms with Gasteiger partial charge in [-0.15, -0.1) is 10.1 Å². The van der Waals surface area contributed by atoms with Crippen molar-refractivity contribution in [1.29, 1.82) is 0 Å². The zero-order chi connectivity index (χ0) is 10.8. The molecule has 0 aromatic rings. The third-order valence-electron chi connectivity index (χ3n) is 2.56. The molecular weight excluding hydrogens is 206 g/mol. The van der Waals surface area contributed by atoms with E-state index in [0.717, 1.165) is 0 Å². The van der Waals surface area contributed by atoms with Crippen LogP contribution in [0.4, 0.5) is 0 Å². The molecule has 2 aliphatic heterocycles. The molecule has 0 aromatic carbocycles. The maximum Gasteiger partial charge on any atom is 0.294 e. The molecule has 4 atom stereocenters. The van der Waals surface area contributed by atoms with Crippen LogP contribution in [0.25, 0.3) is 0 Å². The first-order valence-corrected chi connectivity index (χ1v) is 4.88. The summed E-state index contributed by atoms with van der Waals surface area (Å²) in [5.41, 5.74) is 0. The highest BCUT2D eigenvalue weighted by molar-refractivity contribution is 4.95. The summed E-state index contributed by atoms with van der Waals surface area (Å²) in [6.07, 6.45) is -1.39. The lowest BCUT2D eigenvalue weighted by atomic mass is 10.1. The van der Waals surface area contributed by atoms with Gasteiger partial charge in [0.1, 0.15) is 18.3 Å². The lowest BCUT2D eigenvalue weighted by molar-refractivity contribution is -0.769. The van der Waals surface area contributed by atoms with E-state index in [1.165, 1.54) is 0 Å². The highest BCUT2D eigenvalue weighted by Crippen LogP contribution is 2.30. The summed E-state index contributed by atoms with van der Waals surface area (Å²) >= 11 is 0. The second kappa shape index (κ2) is 4.30. The van der Waals surface area contributed by atoms with Gasteiger partial charge in [0.2, 0.25) is 0 Å². The second-order valence-corrected chi connectivity index (χ2v) is 3.46. The Hall–Kier alpha value is -0.920. The third kappa shape index (κ3) is 2.04. The molecule has 0 N–H and O–H groups in total. The molecule has 7 heteroatoms. The quantitative estimate of drug-likeness (QED) is 0.479. The van der Waals surface area contributed by atoms with Crippen LogP contribution in [0.5, 0.6) is 0 Å². The highest BCUT2D eigenvalue weighted by Gasteiger charge is 2.49. The summed E-state index contributed by atoms with van der Waals surface area (Å²) in [4.78, 5) is 14.7. The predicted molar refractivity (Wildman–Crippen MR) is 46.8 cm³/mol. The van der Waals surface area contributed by atoms with E-state index in [2.05, 4.69) is 4.84 Å². The monoisotopic (exact) mass is 219 g/mol. The van der Waals surface area contributed by atoms with Gasteiger partial charge in [0.05, 0.1) is 13.2 Å². The van der Waals surface area contributed by atoms with Crippen LogP contribution >= 0.6 is 0 Å². The molecule has 0 radical (unpaired) electrons. The number of rotatable bonds is 4. The molecule has 86 valence electrons. The largest absolute Gasteiger partial charge is 0.373 e. The van der Waals surface area contributed by atoms with Crippen molar-refractivity contribution < 1.29 is 24.1 Å². The summed E-state index contributed by atoms with van der Waals surface area (Å²) in [6.45, 7) is 3.04. The first-order chi connectivity index (χ1) is 7.22. The van der Waals surface area contributed by atoms with E-state index >= 15 is 0 Å². The molecule has 0 saturated carbocycles. The molecule has 4 unspecified atom stereocenters. The fraction of sp³-hybridized carbons (Fsp3) is 1.00. The summed E-state index contributed by atoms with van der Waals surface area (Å²) in [7, 11) is 0. The number of fused-ring (bicyclic) bond motifs is 1. The minimum absolute atomic E-state index is 0.139. The molecule has 2 heterocycles. The lowest BCUT2D eigenvalue weighted by Crippen LogP contribution is -2.34. The smallest absolute Gasteiger partial charge is 0.294 e. The third-order valence-corrected chi connectivity index (χ3v) is 2.56. The van der Waals surface area contributed by atoms with E-state index in [9.17, 15) is 10.1 Å². The van der Waals surface area contributed by atoms with Crippen molar-refractivity contribution in [2.75, 3.05) is 19.8 Å². The molecule has 2 fully saturated rings. The molecule has 0 spiro atoms. The molecule has 0 amide bonds. The van der Waals surface area contributed by atoms with E-state index in [4.69, 9.17) is 14.2 Å². The Labute approximate surface area is 86.3 Å². The number of ether oxygens (including phenoxy) is 3. The average Bonchev–Trinajstić information content (AvgIpc) is 2.71. The summed E-state index contributed by atoms with van der Waals surface area (Å²) < 4.78 is 16.1. The Morgan fingerprint density at radius 3 is 2.53 bits per heavy atom. The van der Waals surface area contributed by atoms with Gasteiger partial charge in [-0.05, 0) is 6.92 Å². The Morgan fingerprint density at radius 1 is 1.33 bits per heavy atom. The van der Waals surface area contributed by atoms with Crippen molar-refractivity contribution in [3.63, 3.8) is 0 Å². The van der Waals surface area contributed by atoms with Gasteiger partial charge in [-0.1, -0.05) is 0 Å². The fourth-order valence-electron chi connectivity index (χ4n) is 1.99. The Bertz CT molecular complexity index is 247. The van der Waals surface area contributed by atoms with E-state index in [-0.39, 0.29) is 24.9 Å². The first-order valence-electron chi connectivity index (χ1n) is 4.88. The summed E-state index contributed by atoms with van der Waals surface area (Å²) in [6, 6.07) is 0. The normalized spacial score (nSPS) is 39.0. The Balaban J connectivity index is 1.93. The van der Waals surface area contributed by atoms with Gasteiger partial charge >= 0.3 is 0 Å². The summed E-state index contributed by atoms with van der Waals surface area (Å²) in [5.74, 6) is 0. The lowest BCUT2D eigenvalue weighted by Gasteiger charge is -2.15. The SMILES string of the molecule is CCOC1COC2C(O[N+](=O)[O-])COC12. The number of hydrogen-bond donors (Lipinski definition) is 0. The van der Waals surface area contributed by atoms with E-state index in [1.54, 1.807) is 0 Å². The van der Waals surface area contributed by atoms with Gasteiger partial charge in [0.15, 0.2) is 6.10 Å². The fourth-order valence-corrected chi connectivity index (χ4v) is 1.99. The van der Waals surface area contributed by atoms with E-state index < -0.39 is 11.2 Å². The van der Waals surface area contributed by atoms with Crippen LogP contribution in [-0.2, 0) is 19.0 Å². The van der Waals surface area contributed by atoms with E-state index in [0.29, 0.717) is 13.2 Å². The zero-order valence-electron chi connectivity index (χ0n) is 8.33. The van der Waals surface area contributed by atoms with Crippen LogP contribution in [0.1, 0.15) is 6.92 Å². The van der Waals surface area contributed by atoms with Crippen LogP contribution in [0.15, 0.2) is 0 Å². The van der Waals surface area contributed by atoms with Crippen molar-refractivity contribution >= 4 is 0 Å². The molecule has 15 heavy (non-hydrogen) atoms. The average molecular weight is 219 g/mol. The molecule has 7 nitrogen and oxygen atoms in total. The molecule has 2 aliphatic rings. The topological polar surface area (TPSA) is 80.1 Å².